The van der Waals surface area contributed by atoms with E-state index in [0.717, 1.165) is 47.3 Å². The van der Waals surface area contributed by atoms with Crippen LogP contribution in [0.1, 0.15) is 74.8 Å². The molecule has 1 aromatic carbocycles. The Morgan fingerprint density at radius 1 is 1.15 bits per heavy atom. The molecule has 1 N–H and O–H groups in total. The summed E-state index contributed by atoms with van der Waals surface area (Å²) >= 11 is 0. The van der Waals surface area contributed by atoms with Crippen LogP contribution in [0.4, 0.5) is 0 Å². The number of aromatic nitrogens is 1. The molecule has 4 heteroatoms. The number of amides is 1. The van der Waals surface area contributed by atoms with Crippen LogP contribution >= 0.6 is 0 Å². The standard InChI is InChI=1S/C22H32N2O2/c1-4-24-20-14-13-18(26-5-2)15-19(20)16(3)21(24)22(25)23-17-11-9-7-6-8-10-12-17/h13-15,17H,4-12H2,1-3H3,(H,23,25). The maximum Gasteiger partial charge on any atom is 0.268 e. The molecule has 0 saturated heterocycles. The Morgan fingerprint density at radius 3 is 2.50 bits per heavy atom. The van der Waals surface area contributed by atoms with E-state index in [9.17, 15) is 4.79 Å². The van der Waals surface area contributed by atoms with Crippen molar-refractivity contribution in [2.24, 2.45) is 0 Å². The fourth-order valence-electron chi connectivity index (χ4n) is 4.23. The monoisotopic (exact) mass is 356 g/mol. The second-order valence-corrected chi connectivity index (χ2v) is 7.35. The average molecular weight is 357 g/mol. The van der Waals surface area contributed by atoms with E-state index in [1.54, 1.807) is 0 Å². The fraction of sp³-hybridized carbons (Fsp3) is 0.591. The first-order valence-corrected chi connectivity index (χ1v) is 10.2. The highest BCUT2D eigenvalue weighted by atomic mass is 16.5. The van der Waals surface area contributed by atoms with E-state index in [2.05, 4.69) is 35.9 Å². The normalized spacial score (nSPS) is 16.3. The zero-order valence-corrected chi connectivity index (χ0v) is 16.4. The van der Waals surface area contributed by atoms with Crippen molar-refractivity contribution in [3.63, 3.8) is 0 Å². The van der Waals surface area contributed by atoms with Gasteiger partial charge in [0, 0.05) is 23.5 Å². The van der Waals surface area contributed by atoms with Crippen LogP contribution in [0.3, 0.4) is 0 Å². The summed E-state index contributed by atoms with van der Waals surface area (Å²) < 4.78 is 7.79. The number of nitrogens with one attached hydrogen (secondary N) is 1. The summed E-state index contributed by atoms with van der Waals surface area (Å²) in [7, 11) is 0. The topological polar surface area (TPSA) is 43.3 Å². The number of carbonyl (C=O) groups is 1. The molecule has 1 heterocycles. The van der Waals surface area contributed by atoms with Crippen molar-refractivity contribution in [1.82, 2.24) is 9.88 Å². The lowest BCUT2D eigenvalue weighted by atomic mass is 9.96. The Labute approximate surface area is 156 Å². The van der Waals surface area contributed by atoms with Gasteiger partial charge in [-0.05, 0) is 57.4 Å². The van der Waals surface area contributed by atoms with E-state index in [1.807, 2.05) is 13.0 Å². The van der Waals surface area contributed by atoms with E-state index in [0.29, 0.717) is 12.6 Å². The third-order valence-corrected chi connectivity index (χ3v) is 5.57. The molecule has 1 aromatic heterocycles. The molecule has 0 spiro atoms. The zero-order valence-electron chi connectivity index (χ0n) is 16.4. The van der Waals surface area contributed by atoms with Gasteiger partial charge in [-0.15, -0.1) is 0 Å². The highest BCUT2D eigenvalue weighted by Crippen LogP contribution is 2.29. The summed E-state index contributed by atoms with van der Waals surface area (Å²) in [6, 6.07) is 6.44. The lowest BCUT2D eigenvalue weighted by Gasteiger charge is -2.21. The number of rotatable bonds is 5. The van der Waals surface area contributed by atoms with Gasteiger partial charge in [0.1, 0.15) is 11.4 Å². The number of fused-ring (bicyclic) bond motifs is 1. The molecule has 1 aliphatic rings. The average Bonchev–Trinajstić information content (AvgIpc) is 2.89. The smallest absolute Gasteiger partial charge is 0.268 e. The minimum atomic E-state index is 0.0732. The maximum atomic E-state index is 13.1. The highest BCUT2D eigenvalue weighted by molar-refractivity contribution is 6.02. The molecule has 1 saturated carbocycles. The molecule has 26 heavy (non-hydrogen) atoms. The summed E-state index contributed by atoms with van der Waals surface area (Å²) in [5.74, 6) is 0.937. The second kappa shape index (κ2) is 8.61. The van der Waals surface area contributed by atoms with Gasteiger partial charge in [0.2, 0.25) is 0 Å². The van der Waals surface area contributed by atoms with Gasteiger partial charge in [0.25, 0.3) is 5.91 Å². The molecule has 3 rings (SSSR count). The number of ether oxygens (including phenoxy) is 1. The fourth-order valence-corrected chi connectivity index (χ4v) is 4.23. The van der Waals surface area contributed by atoms with Crippen LogP contribution < -0.4 is 10.1 Å². The Bertz CT molecular complexity index is 755. The summed E-state index contributed by atoms with van der Waals surface area (Å²) in [5.41, 5.74) is 2.96. The molecule has 1 amide bonds. The highest BCUT2D eigenvalue weighted by Gasteiger charge is 2.22. The SMILES string of the molecule is CCOc1ccc2c(c1)c(C)c(C(=O)NC1CCCCCCC1)n2CC. The van der Waals surface area contributed by atoms with Crippen LogP contribution in [-0.4, -0.2) is 23.1 Å². The zero-order chi connectivity index (χ0) is 18.5. The van der Waals surface area contributed by atoms with Crippen molar-refractivity contribution in [2.75, 3.05) is 6.61 Å². The van der Waals surface area contributed by atoms with Crippen molar-refractivity contribution >= 4 is 16.8 Å². The summed E-state index contributed by atoms with van der Waals surface area (Å²) in [4.78, 5) is 13.1. The minimum Gasteiger partial charge on any atom is -0.494 e. The second-order valence-electron chi connectivity index (χ2n) is 7.35. The number of carbonyl (C=O) groups excluding carboxylic acids is 1. The molecule has 0 bridgehead atoms. The lowest BCUT2D eigenvalue weighted by Crippen LogP contribution is -2.36. The van der Waals surface area contributed by atoms with Gasteiger partial charge in [-0.1, -0.05) is 32.1 Å². The molecule has 0 aliphatic heterocycles. The van der Waals surface area contributed by atoms with Crippen molar-refractivity contribution < 1.29 is 9.53 Å². The van der Waals surface area contributed by atoms with E-state index in [1.165, 1.54) is 32.1 Å². The van der Waals surface area contributed by atoms with Gasteiger partial charge in [-0.25, -0.2) is 0 Å². The molecular weight excluding hydrogens is 324 g/mol. The van der Waals surface area contributed by atoms with Crippen molar-refractivity contribution in [1.29, 1.82) is 0 Å². The molecule has 142 valence electrons. The molecule has 2 aromatic rings. The van der Waals surface area contributed by atoms with Crippen LogP contribution in [0, 0.1) is 6.92 Å². The minimum absolute atomic E-state index is 0.0732. The lowest BCUT2D eigenvalue weighted by molar-refractivity contribution is 0.0921. The van der Waals surface area contributed by atoms with Gasteiger partial charge < -0.3 is 14.6 Å². The Kier molecular flexibility index (Phi) is 6.23. The van der Waals surface area contributed by atoms with E-state index < -0.39 is 0 Å². The van der Waals surface area contributed by atoms with E-state index in [-0.39, 0.29) is 5.91 Å². The first kappa shape index (κ1) is 18.8. The quantitative estimate of drug-likeness (QED) is 0.799. The van der Waals surface area contributed by atoms with Gasteiger partial charge in [-0.3, -0.25) is 4.79 Å². The molecule has 0 unspecified atom stereocenters. The first-order valence-electron chi connectivity index (χ1n) is 10.2. The van der Waals surface area contributed by atoms with E-state index >= 15 is 0 Å². The maximum absolute atomic E-state index is 13.1. The van der Waals surface area contributed by atoms with Gasteiger partial charge in [0.15, 0.2) is 0 Å². The first-order chi connectivity index (χ1) is 12.7. The number of aryl methyl sites for hydroxylation is 2. The number of hydrogen-bond acceptors (Lipinski definition) is 2. The Hall–Kier alpha value is -1.97. The van der Waals surface area contributed by atoms with E-state index in [4.69, 9.17) is 4.74 Å². The number of nitrogens with zero attached hydrogens (tertiary/aromatic N) is 1. The van der Waals surface area contributed by atoms with Gasteiger partial charge in [-0.2, -0.15) is 0 Å². The van der Waals surface area contributed by atoms with Crippen molar-refractivity contribution in [2.45, 2.75) is 78.3 Å². The third kappa shape index (κ3) is 3.89. The summed E-state index contributed by atoms with van der Waals surface area (Å²) in [6.45, 7) is 7.57. The van der Waals surface area contributed by atoms with Crippen LogP contribution in [-0.2, 0) is 6.54 Å². The molecular formula is C22H32N2O2. The number of hydrogen-bond donors (Lipinski definition) is 1. The van der Waals surface area contributed by atoms with Crippen LogP contribution in [0.15, 0.2) is 18.2 Å². The largest absolute Gasteiger partial charge is 0.494 e. The predicted molar refractivity (Wildman–Crippen MR) is 107 cm³/mol. The molecule has 4 nitrogen and oxygen atoms in total. The summed E-state index contributed by atoms with van der Waals surface area (Å²) in [5, 5.41) is 4.44. The third-order valence-electron chi connectivity index (χ3n) is 5.57. The summed E-state index contributed by atoms with van der Waals surface area (Å²) in [6.07, 6.45) is 8.57. The van der Waals surface area contributed by atoms with Crippen molar-refractivity contribution in [3.05, 3.63) is 29.5 Å². The van der Waals surface area contributed by atoms with Crippen LogP contribution in [0.5, 0.6) is 5.75 Å². The molecule has 1 fully saturated rings. The van der Waals surface area contributed by atoms with Crippen LogP contribution in [0.2, 0.25) is 0 Å². The molecule has 0 atom stereocenters. The van der Waals surface area contributed by atoms with Crippen LogP contribution in [0.25, 0.3) is 10.9 Å². The Balaban J connectivity index is 1.89. The van der Waals surface area contributed by atoms with Crippen molar-refractivity contribution in [3.8, 4) is 5.75 Å². The van der Waals surface area contributed by atoms with Gasteiger partial charge in [0.05, 0.1) is 6.61 Å². The molecule has 0 radical (unpaired) electrons. The van der Waals surface area contributed by atoms with Gasteiger partial charge >= 0.3 is 0 Å². The Morgan fingerprint density at radius 2 is 1.85 bits per heavy atom. The molecule has 1 aliphatic carbocycles. The predicted octanol–water partition coefficient (Wildman–Crippen LogP) is 5.21. The number of benzene rings is 1.